The minimum atomic E-state index is -4.49. The summed E-state index contributed by atoms with van der Waals surface area (Å²) in [4.78, 5) is 30.4. The predicted molar refractivity (Wildman–Crippen MR) is 107 cm³/mol. The molecule has 0 aromatic heterocycles. The number of aryl methyl sites for hydroxylation is 1. The van der Waals surface area contributed by atoms with Crippen molar-refractivity contribution in [1.82, 2.24) is 4.90 Å². The van der Waals surface area contributed by atoms with Gasteiger partial charge in [0.25, 0.3) is 0 Å². The van der Waals surface area contributed by atoms with Gasteiger partial charge in [0.2, 0.25) is 11.8 Å². The highest BCUT2D eigenvalue weighted by Gasteiger charge is 2.34. The quantitative estimate of drug-likeness (QED) is 0.788. The minimum Gasteiger partial charge on any atom is -0.325 e. The molecule has 5 nitrogen and oxygen atoms in total. The molecule has 0 aliphatic carbocycles. The summed E-state index contributed by atoms with van der Waals surface area (Å²) in [5, 5.41) is 2.21. The molecule has 152 valence electrons. The Morgan fingerprint density at radius 2 is 1.93 bits per heavy atom. The third-order valence-electron chi connectivity index (χ3n) is 4.24. The summed E-state index contributed by atoms with van der Waals surface area (Å²) in [5.41, 5.74) is 0.810. The molecule has 2 aromatic carbocycles. The average Bonchev–Trinajstić information content (AvgIpc) is 2.65. The lowest BCUT2D eigenvalue weighted by Gasteiger charge is -2.28. The molecule has 3 rings (SSSR count). The van der Waals surface area contributed by atoms with Crippen molar-refractivity contribution in [3.8, 4) is 0 Å². The van der Waals surface area contributed by atoms with Gasteiger partial charge in [-0.2, -0.15) is 13.2 Å². The van der Waals surface area contributed by atoms with Crippen LogP contribution < -0.4 is 5.32 Å². The number of amides is 2. The van der Waals surface area contributed by atoms with Gasteiger partial charge >= 0.3 is 6.18 Å². The van der Waals surface area contributed by atoms with E-state index in [1.165, 1.54) is 24.1 Å². The highest BCUT2D eigenvalue weighted by molar-refractivity contribution is 8.15. The van der Waals surface area contributed by atoms with Crippen molar-refractivity contribution in [3.63, 3.8) is 0 Å². The van der Waals surface area contributed by atoms with Gasteiger partial charge in [-0.15, -0.1) is 0 Å². The van der Waals surface area contributed by atoms with Gasteiger partial charge in [-0.25, -0.2) is 4.99 Å². The normalized spacial score (nSPS) is 18.8. The zero-order chi connectivity index (χ0) is 21.2. The number of thioether (sulfide) groups is 1. The third-order valence-corrected chi connectivity index (χ3v) is 5.49. The molecule has 1 unspecified atom stereocenters. The molecule has 1 saturated heterocycles. The second kappa shape index (κ2) is 8.28. The van der Waals surface area contributed by atoms with Gasteiger partial charge in [-0.05, 0) is 42.8 Å². The van der Waals surface area contributed by atoms with Gasteiger partial charge in [0.1, 0.15) is 5.25 Å². The van der Waals surface area contributed by atoms with E-state index in [1.54, 1.807) is 18.2 Å². The summed E-state index contributed by atoms with van der Waals surface area (Å²) in [5.74, 6) is -0.697. The van der Waals surface area contributed by atoms with Crippen LogP contribution in [0, 0.1) is 6.92 Å². The number of aliphatic imine (C=N–C) groups is 1. The van der Waals surface area contributed by atoms with Gasteiger partial charge in [0, 0.05) is 19.2 Å². The minimum absolute atomic E-state index is 0.0274. The highest BCUT2D eigenvalue weighted by Crippen LogP contribution is 2.33. The van der Waals surface area contributed by atoms with Gasteiger partial charge in [-0.1, -0.05) is 30.0 Å². The lowest BCUT2D eigenvalue weighted by molar-refractivity contribution is -0.137. The van der Waals surface area contributed by atoms with E-state index in [9.17, 15) is 22.8 Å². The molecule has 1 heterocycles. The number of carbonyl (C=O) groups excluding carboxylic acids is 2. The van der Waals surface area contributed by atoms with Crippen LogP contribution in [0.4, 0.5) is 24.5 Å². The fourth-order valence-corrected chi connectivity index (χ4v) is 3.77. The molecule has 1 N–H and O–H groups in total. The zero-order valence-electron chi connectivity index (χ0n) is 15.7. The number of nitrogens with zero attached hydrogens (tertiary/aromatic N) is 2. The Balaban J connectivity index is 1.81. The molecule has 1 fully saturated rings. The van der Waals surface area contributed by atoms with Crippen LogP contribution in [0.5, 0.6) is 0 Å². The van der Waals surface area contributed by atoms with Crippen molar-refractivity contribution >= 4 is 40.1 Å². The predicted octanol–water partition coefficient (Wildman–Crippen LogP) is 4.60. The number of nitrogens with one attached hydrogen (secondary N) is 1. The van der Waals surface area contributed by atoms with Crippen LogP contribution in [0.25, 0.3) is 0 Å². The van der Waals surface area contributed by atoms with Crippen LogP contribution in [0.3, 0.4) is 0 Å². The van der Waals surface area contributed by atoms with Gasteiger partial charge in [0.05, 0.1) is 11.3 Å². The van der Waals surface area contributed by atoms with Crippen LogP contribution in [0.15, 0.2) is 53.5 Å². The summed E-state index contributed by atoms with van der Waals surface area (Å²) >= 11 is 1.04. The lowest BCUT2D eigenvalue weighted by Crippen LogP contribution is -2.43. The van der Waals surface area contributed by atoms with E-state index in [0.29, 0.717) is 5.69 Å². The number of rotatable bonds is 3. The first-order chi connectivity index (χ1) is 13.6. The average molecular weight is 421 g/mol. The Bertz CT molecular complexity index is 975. The van der Waals surface area contributed by atoms with E-state index >= 15 is 0 Å². The molecule has 1 aliphatic heterocycles. The number of anilines is 1. The van der Waals surface area contributed by atoms with Crippen molar-refractivity contribution in [1.29, 1.82) is 0 Å². The van der Waals surface area contributed by atoms with Crippen molar-refractivity contribution in [3.05, 3.63) is 59.7 Å². The Morgan fingerprint density at radius 3 is 2.62 bits per heavy atom. The molecule has 2 amide bonds. The molecule has 0 bridgehead atoms. The smallest absolute Gasteiger partial charge is 0.325 e. The van der Waals surface area contributed by atoms with Gasteiger partial charge < -0.3 is 5.32 Å². The van der Waals surface area contributed by atoms with Crippen molar-refractivity contribution in [2.24, 2.45) is 4.99 Å². The van der Waals surface area contributed by atoms with E-state index in [1.807, 2.05) is 13.0 Å². The second-order valence-corrected chi connectivity index (χ2v) is 7.73. The number of amidine groups is 1. The van der Waals surface area contributed by atoms with Gasteiger partial charge in [0.15, 0.2) is 5.17 Å². The lowest BCUT2D eigenvalue weighted by atomic mass is 10.2. The first-order valence-electron chi connectivity index (χ1n) is 8.70. The Morgan fingerprint density at radius 1 is 1.21 bits per heavy atom. The molecule has 29 heavy (non-hydrogen) atoms. The maximum absolute atomic E-state index is 12.9. The summed E-state index contributed by atoms with van der Waals surface area (Å²) < 4.78 is 38.8. The SMILES string of the molecule is Cc1cccc(NC(=O)C2CC(=O)N(C)C(=Nc3cccc(C(F)(F)F)c3)S2)c1. The van der Waals surface area contributed by atoms with Crippen LogP contribution in [0.1, 0.15) is 17.5 Å². The summed E-state index contributed by atoms with van der Waals surface area (Å²) in [6.07, 6.45) is -4.52. The van der Waals surface area contributed by atoms with Crippen LogP contribution >= 0.6 is 11.8 Å². The Kier molecular flexibility index (Phi) is 5.97. The van der Waals surface area contributed by atoms with Crippen LogP contribution in [-0.2, 0) is 15.8 Å². The number of hydrogen-bond donors (Lipinski definition) is 1. The largest absolute Gasteiger partial charge is 0.416 e. The summed E-state index contributed by atoms with van der Waals surface area (Å²) in [6, 6.07) is 11.8. The standard InChI is InChI=1S/C20H18F3N3O2S/c1-12-5-3-7-14(9-12)24-18(28)16-11-17(27)26(2)19(29-16)25-15-8-4-6-13(10-15)20(21,22)23/h3-10,16H,11H2,1-2H3,(H,24,28). The first-order valence-corrected chi connectivity index (χ1v) is 9.58. The molecule has 1 aliphatic rings. The highest BCUT2D eigenvalue weighted by atomic mass is 32.2. The summed E-state index contributed by atoms with van der Waals surface area (Å²) in [6.45, 7) is 1.89. The van der Waals surface area contributed by atoms with E-state index in [2.05, 4.69) is 10.3 Å². The molecular weight excluding hydrogens is 403 g/mol. The maximum Gasteiger partial charge on any atom is 0.416 e. The fourth-order valence-electron chi connectivity index (χ4n) is 2.71. The van der Waals surface area contributed by atoms with Crippen LogP contribution in [0.2, 0.25) is 0 Å². The van der Waals surface area contributed by atoms with Gasteiger partial charge in [-0.3, -0.25) is 14.5 Å². The molecule has 9 heteroatoms. The molecule has 1 atom stereocenters. The molecular formula is C20H18F3N3O2S. The van der Waals surface area contributed by atoms with Crippen LogP contribution in [-0.4, -0.2) is 34.2 Å². The fraction of sp³-hybridized carbons (Fsp3) is 0.250. The first kappa shape index (κ1) is 20.9. The molecule has 0 saturated carbocycles. The van der Waals surface area contributed by atoms with Crippen molar-refractivity contribution < 1.29 is 22.8 Å². The number of halogens is 3. The number of carbonyl (C=O) groups is 2. The monoisotopic (exact) mass is 421 g/mol. The number of alkyl halides is 3. The molecule has 2 aromatic rings. The van der Waals surface area contributed by atoms with Crippen molar-refractivity contribution in [2.45, 2.75) is 24.8 Å². The third kappa shape index (κ3) is 5.17. The zero-order valence-corrected chi connectivity index (χ0v) is 16.5. The second-order valence-electron chi connectivity index (χ2n) is 6.56. The van der Waals surface area contributed by atoms with E-state index in [-0.39, 0.29) is 29.1 Å². The summed E-state index contributed by atoms with van der Waals surface area (Å²) in [7, 11) is 1.48. The number of hydrogen-bond acceptors (Lipinski definition) is 4. The van der Waals surface area contributed by atoms with E-state index < -0.39 is 17.0 Å². The molecule has 0 radical (unpaired) electrons. The maximum atomic E-state index is 12.9. The Labute approximate surface area is 170 Å². The Hall–Kier alpha value is -2.81. The molecule has 0 spiro atoms. The van der Waals surface area contributed by atoms with Crippen molar-refractivity contribution in [2.75, 3.05) is 12.4 Å². The van der Waals surface area contributed by atoms with E-state index in [4.69, 9.17) is 0 Å². The van der Waals surface area contributed by atoms with E-state index in [0.717, 1.165) is 29.5 Å². The number of benzene rings is 2. The topological polar surface area (TPSA) is 61.8 Å².